The summed E-state index contributed by atoms with van der Waals surface area (Å²) in [6, 6.07) is 11.3. The number of carbonyl (C=O) groups excluding carboxylic acids is 2. The van der Waals surface area contributed by atoms with Crippen molar-refractivity contribution in [3.63, 3.8) is 0 Å². The Hall–Kier alpha value is -3.72. The van der Waals surface area contributed by atoms with Gasteiger partial charge in [-0.3, -0.25) is 14.0 Å². The van der Waals surface area contributed by atoms with E-state index >= 15 is 0 Å². The molecule has 0 fully saturated rings. The van der Waals surface area contributed by atoms with E-state index in [2.05, 4.69) is 15.6 Å². The van der Waals surface area contributed by atoms with Crippen LogP contribution in [0.25, 0.3) is 16.2 Å². The van der Waals surface area contributed by atoms with Crippen molar-refractivity contribution in [1.29, 1.82) is 0 Å². The Balaban J connectivity index is 1.33. The molecule has 2 aromatic heterocycles. The number of carbonyl (C=O) groups is 2. The predicted molar refractivity (Wildman–Crippen MR) is 116 cm³/mol. The molecule has 2 aromatic carbocycles. The molecule has 0 radical (unpaired) electrons. The molecular formula is C22H17FN4O3S. The van der Waals surface area contributed by atoms with Gasteiger partial charge in [0.2, 0.25) is 5.91 Å². The van der Waals surface area contributed by atoms with Crippen molar-refractivity contribution in [1.82, 2.24) is 9.38 Å². The third-order valence-corrected chi connectivity index (χ3v) is 5.74. The Morgan fingerprint density at radius 1 is 1.23 bits per heavy atom. The minimum atomic E-state index is -0.345. The van der Waals surface area contributed by atoms with E-state index in [-0.39, 0.29) is 24.2 Å². The van der Waals surface area contributed by atoms with Crippen LogP contribution in [-0.4, -0.2) is 27.8 Å². The first kappa shape index (κ1) is 19.3. The van der Waals surface area contributed by atoms with E-state index in [0.29, 0.717) is 40.6 Å². The molecule has 5 rings (SSSR count). The number of aryl methyl sites for hydroxylation is 1. The molecule has 2 amide bonds. The summed E-state index contributed by atoms with van der Waals surface area (Å²) in [6.07, 6.45) is 2.88. The number of amides is 2. The van der Waals surface area contributed by atoms with E-state index < -0.39 is 0 Å². The number of benzene rings is 2. The molecule has 0 saturated heterocycles. The van der Waals surface area contributed by atoms with Crippen LogP contribution in [0.3, 0.4) is 0 Å². The van der Waals surface area contributed by atoms with Crippen molar-refractivity contribution in [3.05, 3.63) is 65.4 Å². The third kappa shape index (κ3) is 3.87. The number of hydrogen-bond donors (Lipinski definition) is 2. The summed E-state index contributed by atoms with van der Waals surface area (Å²) in [5, 5.41) is 7.55. The molecule has 3 heterocycles. The standard InChI is InChI=1S/C22H17FN4O3S/c23-15-4-1-13(2-5-15)20-21(27-9-10-31-22(27)26-20)25-19(29)12-30-16-6-7-17-14(11-16)3-8-18(28)24-17/h1-2,4-7,9-11H,3,8,12H2,(H,24,28)(H,25,29). The monoisotopic (exact) mass is 436 g/mol. The number of imidazole rings is 1. The third-order valence-electron chi connectivity index (χ3n) is 4.98. The van der Waals surface area contributed by atoms with Crippen LogP contribution in [-0.2, 0) is 16.0 Å². The minimum Gasteiger partial charge on any atom is -0.484 e. The normalized spacial score (nSPS) is 13.0. The molecule has 2 N–H and O–H groups in total. The van der Waals surface area contributed by atoms with E-state index in [0.717, 1.165) is 11.3 Å². The van der Waals surface area contributed by atoms with Crippen LogP contribution in [0.5, 0.6) is 5.75 Å². The first-order chi connectivity index (χ1) is 15.1. The molecule has 156 valence electrons. The van der Waals surface area contributed by atoms with E-state index in [9.17, 15) is 14.0 Å². The molecule has 0 aliphatic carbocycles. The largest absolute Gasteiger partial charge is 0.484 e. The maximum absolute atomic E-state index is 13.3. The minimum absolute atomic E-state index is 0.00180. The second-order valence-electron chi connectivity index (χ2n) is 7.08. The Kier molecular flexibility index (Phi) is 4.87. The van der Waals surface area contributed by atoms with Crippen LogP contribution in [0, 0.1) is 5.82 Å². The molecule has 1 aliphatic rings. The number of thiazole rings is 1. The van der Waals surface area contributed by atoms with Gasteiger partial charge in [-0.05, 0) is 54.4 Å². The van der Waals surface area contributed by atoms with Gasteiger partial charge in [0, 0.05) is 29.2 Å². The molecule has 0 spiro atoms. The number of fused-ring (bicyclic) bond motifs is 2. The Morgan fingerprint density at radius 2 is 2.06 bits per heavy atom. The first-order valence-corrected chi connectivity index (χ1v) is 10.5. The van der Waals surface area contributed by atoms with Crippen LogP contribution in [0.4, 0.5) is 15.9 Å². The zero-order valence-electron chi connectivity index (χ0n) is 16.2. The van der Waals surface area contributed by atoms with Gasteiger partial charge in [0.1, 0.15) is 23.1 Å². The molecule has 0 atom stereocenters. The molecular weight excluding hydrogens is 419 g/mol. The van der Waals surface area contributed by atoms with Gasteiger partial charge in [-0.25, -0.2) is 9.37 Å². The zero-order chi connectivity index (χ0) is 21.4. The number of hydrogen-bond acceptors (Lipinski definition) is 5. The lowest BCUT2D eigenvalue weighted by molar-refractivity contribution is -0.118. The molecule has 7 nitrogen and oxygen atoms in total. The highest BCUT2D eigenvalue weighted by Gasteiger charge is 2.19. The van der Waals surface area contributed by atoms with Crippen molar-refractivity contribution < 1.29 is 18.7 Å². The quantitative estimate of drug-likeness (QED) is 0.493. The maximum atomic E-state index is 13.3. The van der Waals surface area contributed by atoms with E-state index in [1.165, 1.54) is 23.5 Å². The van der Waals surface area contributed by atoms with E-state index in [1.807, 2.05) is 17.6 Å². The first-order valence-electron chi connectivity index (χ1n) is 9.64. The highest BCUT2D eigenvalue weighted by Crippen LogP contribution is 2.31. The summed E-state index contributed by atoms with van der Waals surface area (Å²) in [5.41, 5.74) is 3.01. The summed E-state index contributed by atoms with van der Waals surface area (Å²) in [4.78, 5) is 29.4. The summed E-state index contributed by atoms with van der Waals surface area (Å²) in [5.74, 6) is 0.371. The molecule has 0 bridgehead atoms. The van der Waals surface area contributed by atoms with Gasteiger partial charge in [-0.1, -0.05) is 0 Å². The summed E-state index contributed by atoms with van der Waals surface area (Å²) in [7, 11) is 0. The number of anilines is 2. The lowest BCUT2D eigenvalue weighted by Crippen LogP contribution is -2.22. The maximum Gasteiger partial charge on any atom is 0.263 e. The van der Waals surface area contributed by atoms with Crippen LogP contribution in [0.15, 0.2) is 54.0 Å². The second-order valence-corrected chi connectivity index (χ2v) is 7.95. The number of rotatable bonds is 5. The fraction of sp³-hybridized carbons (Fsp3) is 0.136. The highest BCUT2D eigenvalue weighted by atomic mass is 32.1. The average Bonchev–Trinajstić information content (AvgIpc) is 3.35. The van der Waals surface area contributed by atoms with Gasteiger partial charge >= 0.3 is 0 Å². The second kappa shape index (κ2) is 7.84. The van der Waals surface area contributed by atoms with Gasteiger partial charge in [-0.2, -0.15) is 0 Å². The van der Waals surface area contributed by atoms with Crippen molar-refractivity contribution in [2.45, 2.75) is 12.8 Å². The van der Waals surface area contributed by atoms with Gasteiger partial charge in [0.05, 0.1) is 0 Å². The average molecular weight is 436 g/mol. The van der Waals surface area contributed by atoms with E-state index in [4.69, 9.17) is 4.74 Å². The Labute approximate surface area is 180 Å². The highest BCUT2D eigenvalue weighted by molar-refractivity contribution is 7.15. The number of nitrogens with zero attached hydrogens (tertiary/aromatic N) is 2. The van der Waals surface area contributed by atoms with Gasteiger partial charge in [-0.15, -0.1) is 11.3 Å². The lowest BCUT2D eigenvalue weighted by atomic mass is 10.0. The molecule has 4 aromatic rings. The summed E-state index contributed by atoms with van der Waals surface area (Å²) in [6.45, 7) is -0.189. The summed E-state index contributed by atoms with van der Waals surface area (Å²) < 4.78 is 20.8. The molecule has 1 aliphatic heterocycles. The number of nitrogens with one attached hydrogen (secondary N) is 2. The van der Waals surface area contributed by atoms with Crippen molar-refractivity contribution >= 4 is 39.6 Å². The SMILES string of the molecule is O=C1CCc2cc(OCC(=O)Nc3c(-c4ccc(F)cc4)nc4sccn34)ccc2N1. The fourth-order valence-corrected chi connectivity index (χ4v) is 4.19. The zero-order valence-corrected chi connectivity index (χ0v) is 17.0. The number of halogens is 1. The predicted octanol–water partition coefficient (Wildman–Crippen LogP) is 4.10. The smallest absolute Gasteiger partial charge is 0.263 e. The Bertz CT molecular complexity index is 1300. The van der Waals surface area contributed by atoms with Crippen molar-refractivity contribution in [3.8, 4) is 17.0 Å². The molecule has 0 saturated carbocycles. The number of aromatic nitrogens is 2. The van der Waals surface area contributed by atoms with Crippen molar-refractivity contribution in [2.75, 3.05) is 17.2 Å². The number of ether oxygens (including phenoxy) is 1. The van der Waals surface area contributed by atoms with Crippen molar-refractivity contribution in [2.24, 2.45) is 0 Å². The topological polar surface area (TPSA) is 84.7 Å². The van der Waals surface area contributed by atoms with Gasteiger partial charge in [0.25, 0.3) is 5.91 Å². The van der Waals surface area contributed by atoms with Crippen LogP contribution in [0.1, 0.15) is 12.0 Å². The molecule has 0 unspecified atom stereocenters. The molecule has 31 heavy (non-hydrogen) atoms. The van der Waals surface area contributed by atoms with Crippen LogP contribution < -0.4 is 15.4 Å². The van der Waals surface area contributed by atoms with Gasteiger partial charge < -0.3 is 15.4 Å². The molecule has 9 heteroatoms. The van der Waals surface area contributed by atoms with Crippen LogP contribution >= 0.6 is 11.3 Å². The van der Waals surface area contributed by atoms with Gasteiger partial charge in [0.15, 0.2) is 11.6 Å². The summed E-state index contributed by atoms with van der Waals surface area (Å²) >= 11 is 1.44. The van der Waals surface area contributed by atoms with Crippen LogP contribution in [0.2, 0.25) is 0 Å². The Morgan fingerprint density at radius 3 is 2.90 bits per heavy atom. The fourth-order valence-electron chi connectivity index (χ4n) is 3.48. The lowest BCUT2D eigenvalue weighted by Gasteiger charge is -2.17. The van der Waals surface area contributed by atoms with E-state index in [1.54, 1.807) is 28.7 Å².